The lowest BCUT2D eigenvalue weighted by Gasteiger charge is -2.12. The van der Waals surface area contributed by atoms with Gasteiger partial charge in [-0.25, -0.2) is 0 Å². The SMILES string of the molecule is O=C(Cc1cccc2ccccc12)NC(=S)Nc1ccc(OCc2ccccc2)cc1. The summed E-state index contributed by atoms with van der Waals surface area (Å²) < 4.78 is 5.79. The van der Waals surface area contributed by atoms with Gasteiger partial charge in [0.15, 0.2) is 5.11 Å². The Labute approximate surface area is 186 Å². The molecule has 1 amide bonds. The van der Waals surface area contributed by atoms with Crippen molar-refractivity contribution >= 4 is 39.7 Å². The van der Waals surface area contributed by atoms with E-state index in [1.54, 1.807) is 0 Å². The molecule has 0 atom stereocenters. The fourth-order valence-electron chi connectivity index (χ4n) is 3.33. The van der Waals surface area contributed by atoms with Gasteiger partial charge in [0.25, 0.3) is 0 Å². The lowest BCUT2D eigenvalue weighted by Crippen LogP contribution is -2.35. The zero-order chi connectivity index (χ0) is 21.5. The van der Waals surface area contributed by atoms with Crippen molar-refractivity contribution in [3.8, 4) is 5.75 Å². The van der Waals surface area contributed by atoms with Crippen molar-refractivity contribution in [1.82, 2.24) is 5.32 Å². The van der Waals surface area contributed by atoms with E-state index in [4.69, 9.17) is 17.0 Å². The first-order valence-electron chi connectivity index (χ1n) is 10.0. The number of anilines is 1. The molecule has 0 aromatic heterocycles. The number of carbonyl (C=O) groups excluding carboxylic acids is 1. The number of hydrogen-bond donors (Lipinski definition) is 2. The molecule has 0 spiro atoms. The van der Waals surface area contributed by atoms with Gasteiger partial charge in [-0.1, -0.05) is 72.8 Å². The van der Waals surface area contributed by atoms with Gasteiger partial charge in [0.05, 0.1) is 6.42 Å². The molecular formula is C26H22N2O2S. The molecule has 31 heavy (non-hydrogen) atoms. The quantitative estimate of drug-likeness (QED) is 0.401. The summed E-state index contributed by atoms with van der Waals surface area (Å²) in [6, 6.07) is 31.5. The van der Waals surface area contributed by atoms with Crippen molar-refractivity contribution in [3.63, 3.8) is 0 Å². The fraction of sp³-hybridized carbons (Fsp3) is 0.0769. The monoisotopic (exact) mass is 426 g/mol. The van der Waals surface area contributed by atoms with Gasteiger partial charge in [-0.2, -0.15) is 0 Å². The number of ether oxygens (including phenoxy) is 1. The van der Waals surface area contributed by atoms with Crippen molar-refractivity contribution in [2.45, 2.75) is 13.0 Å². The molecule has 154 valence electrons. The summed E-state index contributed by atoms with van der Waals surface area (Å²) in [6.07, 6.45) is 0.259. The molecule has 0 radical (unpaired) electrons. The zero-order valence-electron chi connectivity index (χ0n) is 16.9. The largest absolute Gasteiger partial charge is 0.489 e. The maximum Gasteiger partial charge on any atom is 0.230 e. The summed E-state index contributed by atoms with van der Waals surface area (Å²) >= 11 is 5.30. The Morgan fingerprint density at radius 2 is 1.52 bits per heavy atom. The van der Waals surface area contributed by atoms with Crippen LogP contribution in [-0.4, -0.2) is 11.0 Å². The predicted octanol–water partition coefficient (Wildman–Crippen LogP) is 5.47. The molecule has 5 heteroatoms. The maximum absolute atomic E-state index is 12.5. The molecule has 4 aromatic carbocycles. The topological polar surface area (TPSA) is 50.4 Å². The Kier molecular flexibility index (Phi) is 6.55. The molecule has 0 aliphatic heterocycles. The van der Waals surface area contributed by atoms with E-state index in [0.29, 0.717) is 6.61 Å². The average molecular weight is 427 g/mol. The van der Waals surface area contributed by atoms with Crippen LogP contribution in [0, 0.1) is 0 Å². The molecule has 0 aliphatic carbocycles. The molecule has 0 heterocycles. The molecule has 0 saturated carbocycles. The van der Waals surface area contributed by atoms with Crippen LogP contribution in [0.3, 0.4) is 0 Å². The Bertz CT molecular complexity index is 1190. The number of fused-ring (bicyclic) bond motifs is 1. The first-order chi connectivity index (χ1) is 15.2. The van der Waals surface area contributed by atoms with Crippen molar-refractivity contribution in [3.05, 3.63) is 108 Å². The highest BCUT2D eigenvalue weighted by Crippen LogP contribution is 2.19. The minimum atomic E-state index is -0.156. The summed E-state index contributed by atoms with van der Waals surface area (Å²) in [4.78, 5) is 12.5. The Balaban J connectivity index is 1.29. The number of hydrogen-bond acceptors (Lipinski definition) is 3. The second kappa shape index (κ2) is 9.87. The lowest BCUT2D eigenvalue weighted by atomic mass is 10.0. The lowest BCUT2D eigenvalue weighted by molar-refractivity contribution is -0.119. The molecule has 0 fully saturated rings. The van der Waals surface area contributed by atoms with Crippen molar-refractivity contribution in [2.24, 2.45) is 0 Å². The van der Waals surface area contributed by atoms with Gasteiger partial charge in [-0.15, -0.1) is 0 Å². The van der Waals surface area contributed by atoms with Crippen LogP contribution in [0.2, 0.25) is 0 Å². The van der Waals surface area contributed by atoms with Gasteiger partial charge in [0, 0.05) is 5.69 Å². The third-order valence-corrected chi connectivity index (χ3v) is 5.05. The van der Waals surface area contributed by atoms with Crippen molar-refractivity contribution in [2.75, 3.05) is 5.32 Å². The number of amides is 1. The van der Waals surface area contributed by atoms with E-state index in [-0.39, 0.29) is 17.4 Å². The molecule has 0 unspecified atom stereocenters. The van der Waals surface area contributed by atoms with E-state index in [9.17, 15) is 4.79 Å². The second-order valence-corrected chi connectivity index (χ2v) is 7.52. The Morgan fingerprint density at radius 3 is 2.32 bits per heavy atom. The van der Waals surface area contributed by atoms with E-state index in [0.717, 1.165) is 33.3 Å². The van der Waals surface area contributed by atoms with Gasteiger partial charge in [-0.05, 0) is 58.4 Å². The molecular weight excluding hydrogens is 404 g/mol. The van der Waals surface area contributed by atoms with E-state index in [1.165, 1.54) is 0 Å². The predicted molar refractivity (Wildman–Crippen MR) is 129 cm³/mol. The number of thiocarbonyl (C=S) groups is 1. The summed E-state index contributed by atoms with van der Waals surface area (Å²) in [5.41, 5.74) is 2.86. The molecule has 4 rings (SSSR count). The summed E-state index contributed by atoms with van der Waals surface area (Å²) in [7, 11) is 0. The first kappa shape index (κ1) is 20.6. The van der Waals surface area contributed by atoms with Crippen LogP contribution in [0.4, 0.5) is 5.69 Å². The number of rotatable bonds is 6. The Hall–Kier alpha value is -3.70. The standard InChI is InChI=1S/C26H22N2O2S/c29-25(17-21-11-6-10-20-9-4-5-12-24(20)21)28-26(31)27-22-13-15-23(16-14-22)30-18-19-7-2-1-3-8-19/h1-16H,17-18H2,(H2,27,28,29,31). The summed E-state index contributed by atoms with van der Waals surface area (Å²) in [5, 5.41) is 8.25. The molecule has 4 nitrogen and oxygen atoms in total. The van der Waals surface area contributed by atoms with E-state index in [1.807, 2.05) is 97.1 Å². The summed E-state index contributed by atoms with van der Waals surface area (Å²) in [5.74, 6) is 0.608. The zero-order valence-corrected chi connectivity index (χ0v) is 17.7. The van der Waals surface area contributed by atoms with Crippen LogP contribution in [0.25, 0.3) is 10.8 Å². The number of nitrogens with one attached hydrogen (secondary N) is 2. The van der Waals surface area contributed by atoms with Gasteiger partial charge in [0.1, 0.15) is 12.4 Å². The van der Waals surface area contributed by atoms with Crippen LogP contribution >= 0.6 is 12.2 Å². The van der Waals surface area contributed by atoms with Crippen LogP contribution in [0.1, 0.15) is 11.1 Å². The smallest absolute Gasteiger partial charge is 0.230 e. The normalized spacial score (nSPS) is 10.5. The van der Waals surface area contributed by atoms with Crippen LogP contribution in [0.5, 0.6) is 5.75 Å². The van der Waals surface area contributed by atoms with Crippen LogP contribution < -0.4 is 15.4 Å². The number of carbonyl (C=O) groups is 1. The third-order valence-electron chi connectivity index (χ3n) is 4.84. The minimum absolute atomic E-state index is 0.156. The van der Waals surface area contributed by atoms with Gasteiger partial charge in [0.2, 0.25) is 5.91 Å². The van der Waals surface area contributed by atoms with Gasteiger partial charge in [-0.3, -0.25) is 4.79 Å². The third kappa shape index (κ3) is 5.68. The average Bonchev–Trinajstić information content (AvgIpc) is 2.79. The highest BCUT2D eigenvalue weighted by atomic mass is 32.1. The van der Waals surface area contributed by atoms with Gasteiger partial charge < -0.3 is 15.4 Å². The minimum Gasteiger partial charge on any atom is -0.489 e. The molecule has 4 aromatic rings. The highest BCUT2D eigenvalue weighted by Gasteiger charge is 2.09. The fourth-order valence-corrected chi connectivity index (χ4v) is 3.56. The van der Waals surface area contributed by atoms with E-state index < -0.39 is 0 Å². The Morgan fingerprint density at radius 1 is 0.806 bits per heavy atom. The number of benzene rings is 4. The summed E-state index contributed by atoms with van der Waals surface area (Å²) in [6.45, 7) is 0.510. The molecule has 0 aliphatic rings. The molecule has 0 saturated heterocycles. The van der Waals surface area contributed by atoms with Crippen molar-refractivity contribution in [1.29, 1.82) is 0 Å². The van der Waals surface area contributed by atoms with Crippen LogP contribution in [-0.2, 0) is 17.8 Å². The highest BCUT2D eigenvalue weighted by molar-refractivity contribution is 7.80. The van der Waals surface area contributed by atoms with E-state index >= 15 is 0 Å². The molecule has 2 N–H and O–H groups in total. The van der Waals surface area contributed by atoms with Gasteiger partial charge >= 0.3 is 0 Å². The molecule has 0 bridgehead atoms. The first-order valence-corrected chi connectivity index (χ1v) is 10.4. The van der Waals surface area contributed by atoms with Crippen LogP contribution in [0.15, 0.2) is 97.1 Å². The van der Waals surface area contributed by atoms with E-state index in [2.05, 4.69) is 10.6 Å². The maximum atomic E-state index is 12.5. The second-order valence-electron chi connectivity index (χ2n) is 7.12. The van der Waals surface area contributed by atoms with Crippen molar-refractivity contribution < 1.29 is 9.53 Å².